The highest BCUT2D eigenvalue weighted by atomic mass is 32.2. The first-order valence-electron chi connectivity index (χ1n) is 7.18. The van der Waals surface area contributed by atoms with Crippen molar-refractivity contribution in [2.75, 3.05) is 5.75 Å². The Labute approximate surface area is 146 Å². The Kier molecular flexibility index (Phi) is 4.16. The Morgan fingerprint density at radius 1 is 1.42 bits per heavy atom. The molecule has 0 aromatic carbocycles. The Bertz CT molecular complexity index is 1010. The van der Waals surface area contributed by atoms with Gasteiger partial charge in [-0.15, -0.1) is 0 Å². The molecule has 0 unspecified atom stereocenters. The van der Waals surface area contributed by atoms with E-state index in [1.165, 1.54) is 12.3 Å². The number of pyridine rings is 1. The van der Waals surface area contributed by atoms with Crippen LogP contribution in [0.4, 0.5) is 0 Å². The third kappa shape index (κ3) is 2.88. The van der Waals surface area contributed by atoms with Crippen LogP contribution in [0.15, 0.2) is 53.5 Å². The molecule has 2 aliphatic rings. The maximum atomic E-state index is 12.5. The van der Waals surface area contributed by atoms with E-state index in [1.807, 2.05) is 0 Å². The van der Waals surface area contributed by atoms with E-state index in [4.69, 9.17) is 0 Å². The van der Waals surface area contributed by atoms with Crippen LogP contribution < -0.4 is 0 Å². The second-order valence-electron chi connectivity index (χ2n) is 5.47. The Hall–Kier alpha value is -3.34. The molecule has 11 heteroatoms. The van der Waals surface area contributed by atoms with Crippen molar-refractivity contribution in [2.24, 2.45) is 0 Å². The molecule has 0 radical (unpaired) electrons. The average Bonchev–Trinajstić information content (AvgIpc) is 2.57. The summed E-state index contributed by atoms with van der Waals surface area (Å²) in [5.41, 5.74) is -0.646. The lowest BCUT2D eigenvalue weighted by Crippen LogP contribution is -2.62. The average molecular weight is 377 g/mol. The molecule has 1 N–H and O–H groups in total. The van der Waals surface area contributed by atoms with E-state index in [0.717, 1.165) is 6.08 Å². The summed E-state index contributed by atoms with van der Waals surface area (Å²) >= 11 is 0. The van der Waals surface area contributed by atoms with Gasteiger partial charge in [-0.05, 0) is 18.2 Å². The van der Waals surface area contributed by atoms with Gasteiger partial charge in [-0.1, -0.05) is 6.07 Å². The number of nitro groups is 1. The first kappa shape index (κ1) is 17.5. The molecule has 134 valence electrons. The largest absolute Gasteiger partial charge is 0.477 e. The first-order chi connectivity index (χ1) is 12.2. The number of aromatic nitrogens is 1. The lowest BCUT2D eigenvalue weighted by Gasteiger charge is -2.45. The number of carbonyl (C=O) groups excluding carboxylic acids is 1. The van der Waals surface area contributed by atoms with Crippen LogP contribution in [0.2, 0.25) is 0 Å². The summed E-state index contributed by atoms with van der Waals surface area (Å²) in [6.07, 6.45) is 3.97. The van der Waals surface area contributed by atoms with Gasteiger partial charge in [0, 0.05) is 17.8 Å². The fraction of sp³-hybridized carbons (Fsp3) is 0.133. The highest BCUT2D eigenvalue weighted by molar-refractivity contribution is 7.92. The summed E-state index contributed by atoms with van der Waals surface area (Å²) in [5.74, 6) is -3.07. The number of allylic oxidation sites excluding steroid dienone is 1. The van der Waals surface area contributed by atoms with Crippen LogP contribution in [0.3, 0.4) is 0 Å². The molecule has 1 aromatic rings. The van der Waals surface area contributed by atoms with E-state index < -0.39 is 43.5 Å². The van der Waals surface area contributed by atoms with Crippen LogP contribution in [0, 0.1) is 10.1 Å². The van der Waals surface area contributed by atoms with Gasteiger partial charge >= 0.3 is 5.97 Å². The Morgan fingerprint density at radius 3 is 2.73 bits per heavy atom. The monoisotopic (exact) mass is 377 g/mol. The summed E-state index contributed by atoms with van der Waals surface area (Å²) in [7, 11) is -3.98. The smallest absolute Gasteiger partial charge is 0.352 e. The minimum absolute atomic E-state index is 0.0974. The highest BCUT2D eigenvalue weighted by Crippen LogP contribution is 2.41. The predicted molar refractivity (Wildman–Crippen MR) is 87.4 cm³/mol. The van der Waals surface area contributed by atoms with Crippen molar-refractivity contribution in [2.45, 2.75) is 5.37 Å². The predicted octanol–water partition coefficient (Wildman–Crippen LogP) is 0.191. The third-order valence-electron chi connectivity index (χ3n) is 3.80. The molecule has 26 heavy (non-hydrogen) atoms. The molecule has 2 aliphatic heterocycles. The van der Waals surface area contributed by atoms with E-state index in [9.17, 15) is 33.2 Å². The topological polar surface area (TPSA) is 148 Å². The summed E-state index contributed by atoms with van der Waals surface area (Å²) in [6.45, 7) is 0. The van der Waals surface area contributed by atoms with Gasteiger partial charge in [0.05, 0.1) is 21.9 Å². The lowest BCUT2D eigenvalue weighted by atomic mass is 10.0. The van der Waals surface area contributed by atoms with Crippen LogP contribution in [-0.4, -0.2) is 51.3 Å². The van der Waals surface area contributed by atoms with Crippen molar-refractivity contribution in [1.29, 1.82) is 0 Å². The number of hydrogen-bond donors (Lipinski definition) is 1. The molecule has 10 nitrogen and oxygen atoms in total. The van der Waals surface area contributed by atoms with E-state index in [-0.39, 0.29) is 11.1 Å². The Morgan fingerprint density at radius 2 is 2.15 bits per heavy atom. The molecular weight excluding hydrogens is 366 g/mol. The van der Waals surface area contributed by atoms with Crippen molar-refractivity contribution < 1.29 is 28.0 Å². The molecule has 1 saturated heterocycles. The highest BCUT2D eigenvalue weighted by Gasteiger charge is 2.56. The van der Waals surface area contributed by atoms with Crippen LogP contribution >= 0.6 is 0 Å². The number of sulfone groups is 1. The molecule has 3 heterocycles. The zero-order valence-electron chi connectivity index (χ0n) is 13.0. The standard InChI is InChI=1S/C15H11N3O7S/c19-13-11(7-10-3-1-2-5-16-10)14-18(13)12(15(20)21)9(4-6-17(22)23)8-26(14,24)25/h1-7,14H,8H2,(H,20,21)/b6-4+,11-7-/t14-/m0/s1. The summed E-state index contributed by atoms with van der Waals surface area (Å²) < 4.78 is 25.1. The second kappa shape index (κ2) is 6.19. The van der Waals surface area contributed by atoms with E-state index in [2.05, 4.69) is 4.98 Å². The number of carboxylic acid groups (broad SMARTS) is 1. The van der Waals surface area contributed by atoms with E-state index in [1.54, 1.807) is 18.2 Å². The quantitative estimate of drug-likeness (QED) is 0.338. The fourth-order valence-electron chi connectivity index (χ4n) is 2.79. The minimum atomic E-state index is -3.98. The molecule has 1 fully saturated rings. The lowest BCUT2D eigenvalue weighted by molar-refractivity contribution is -0.402. The zero-order valence-corrected chi connectivity index (χ0v) is 13.8. The molecule has 1 atom stereocenters. The summed E-state index contributed by atoms with van der Waals surface area (Å²) in [4.78, 5) is 38.2. The zero-order chi connectivity index (χ0) is 19.1. The Balaban J connectivity index is 2.10. The summed E-state index contributed by atoms with van der Waals surface area (Å²) in [5, 5.41) is 18.4. The number of aliphatic carboxylic acids is 1. The van der Waals surface area contributed by atoms with Gasteiger partial charge in [0.1, 0.15) is 5.70 Å². The number of amides is 1. The molecule has 1 aromatic heterocycles. The SMILES string of the molecule is O=C(O)C1=C(/C=C/[N+](=O)[O-])CS(=O)(=O)[C@H]2/C(=C\c3ccccn3)C(=O)N12. The van der Waals surface area contributed by atoms with Crippen LogP contribution in [0.5, 0.6) is 0 Å². The van der Waals surface area contributed by atoms with Crippen LogP contribution in [0.1, 0.15) is 5.69 Å². The normalized spacial score (nSPS) is 23.1. The molecule has 3 rings (SSSR count). The molecule has 0 saturated carbocycles. The van der Waals surface area contributed by atoms with E-state index in [0.29, 0.717) is 16.8 Å². The maximum absolute atomic E-state index is 12.5. The van der Waals surface area contributed by atoms with Crippen molar-refractivity contribution in [1.82, 2.24) is 9.88 Å². The van der Waals surface area contributed by atoms with Gasteiger partial charge in [-0.3, -0.25) is 24.8 Å². The summed E-state index contributed by atoms with van der Waals surface area (Å²) in [6, 6.07) is 4.86. The molecular formula is C15H11N3O7S. The van der Waals surface area contributed by atoms with Crippen molar-refractivity contribution >= 4 is 27.8 Å². The molecule has 0 spiro atoms. The molecule has 0 bridgehead atoms. The van der Waals surface area contributed by atoms with Crippen molar-refractivity contribution in [3.8, 4) is 0 Å². The maximum Gasteiger partial charge on any atom is 0.352 e. The number of carbonyl (C=O) groups is 2. The number of fused-ring (bicyclic) bond motifs is 1. The van der Waals surface area contributed by atoms with Gasteiger partial charge in [-0.25, -0.2) is 13.2 Å². The second-order valence-corrected chi connectivity index (χ2v) is 7.53. The number of carboxylic acids is 1. The van der Waals surface area contributed by atoms with Gasteiger partial charge < -0.3 is 5.11 Å². The van der Waals surface area contributed by atoms with Crippen LogP contribution in [-0.2, 0) is 19.4 Å². The van der Waals surface area contributed by atoms with Gasteiger partial charge in [0.25, 0.3) is 5.91 Å². The van der Waals surface area contributed by atoms with Crippen molar-refractivity contribution in [3.63, 3.8) is 0 Å². The van der Waals surface area contributed by atoms with Gasteiger partial charge in [0.2, 0.25) is 6.20 Å². The number of rotatable bonds is 4. The molecule has 0 aliphatic carbocycles. The van der Waals surface area contributed by atoms with Crippen molar-refractivity contribution in [3.05, 3.63) is 69.3 Å². The number of nitrogens with zero attached hydrogens (tertiary/aromatic N) is 3. The molecule has 1 amide bonds. The number of β-lactam (4-membered cyclic amide) rings is 1. The van der Waals surface area contributed by atoms with Gasteiger partial charge in [0.15, 0.2) is 15.2 Å². The minimum Gasteiger partial charge on any atom is -0.477 e. The third-order valence-corrected chi connectivity index (χ3v) is 5.66. The van der Waals surface area contributed by atoms with E-state index >= 15 is 0 Å². The number of hydrogen-bond acceptors (Lipinski definition) is 7. The van der Waals surface area contributed by atoms with Crippen LogP contribution in [0.25, 0.3) is 6.08 Å². The first-order valence-corrected chi connectivity index (χ1v) is 8.90. The fourth-order valence-corrected chi connectivity index (χ4v) is 4.69. The van der Waals surface area contributed by atoms with Gasteiger partial charge in [-0.2, -0.15) is 0 Å².